The molecule has 0 saturated carbocycles. The number of aliphatic hydroxyl groups is 2. The molecule has 0 spiro atoms. The van der Waals surface area contributed by atoms with Gasteiger partial charge in [-0.3, -0.25) is 0 Å². The number of rotatable bonds is 3. The number of hydrogen-bond acceptors (Lipinski definition) is 5. The zero-order valence-corrected chi connectivity index (χ0v) is 9.32. The summed E-state index contributed by atoms with van der Waals surface area (Å²) in [5.74, 6) is -1.08. The molecule has 0 aromatic carbocycles. The van der Waals surface area contributed by atoms with E-state index in [0.29, 0.717) is 0 Å². The van der Waals surface area contributed by atoms with Crippen LogP contribution in [0.5, 0.6) is 0 Å². The van der Waals surface area contributed by atoms with E-state index >= 15 is 0 Å². The lowest BCUT2D eigenvalue weighted by Gasteiger charge is -1.90. The molecule has 0 saturated heterocycles. The highest BCUT2D eigenvalue weighted by Gasteiger charge is 1.83. The average molecular weight is 209 g/mol. The molecule has 0 amide bonds. The molecule has 0 aliphatic heterocycles. The summed E-state index contributed by atoms with van der Waals surface area (Å²) in [6.45, 7) is 5.34. The second-order valence-corrected chi connectivity index (χ2v) is 2.52. The van der Waals surface area contributed by atoms with Gasteiger partial charge in [0.1, 0.15) is 0 Å². The van der Waals surface area contributed by atoms with Crippen molar-refractivity contribution in [3.8, 4) is 0 Å². The standard InChI is InChI=1S/C4H10O.C3H8O2.C2H4O2/c1-3-4-5-2;1-3(5)2-4;1-2(3)4/h3-4H2,1-2H3;3-5H,2H2,1H3;1H3,(H,3,4)/p-1. The second kappa shape index (κ2) is 18.2. The van der Waals surface area contributed by atoms with E-state index in [0.717, 1.165) is 20.0 Å². The molecule has 0 aliphatic carbocycles. The van der Waals surface area contributed by atoms with Gasteiger partial charge in [-0.05, 0) is 20.3 Å². The summed E-state index contributed by atoms with van der Waals surface area (Å²) in [4.78, 5) is 8.89. The maximum absolute atomic E-state index is 8.89. The van der Waals surface area contributed by atoms with Gasteiger partial charge in [0.15, 0.2) is 0 Å². The molecule has 0 aliphatic rings. The molecule has 5 heteroatoms. The lowest BCUT2D eigenvalue weighted by Crippen LogP contribution is -2.16. The van der Waals surface area contributed by atoms with E-state index < -0.39 is 12.1 Å². The minimum atomic E-state index is -1.08. The summed E-state index contributed by atoms with van der Waals surface area (Å²) in [6.07, 6.45) is 0.561. The van der Waals surface area contributed by atoms with Gasteiger partial charge in [-0.2, -0.15) is 0 Å². The molecule has 0 bridgehead atoms. The van der Waals surface area contributed by atoms with E-state index in [1.165, 1.54) is 6.92 Å². The highest BCUT2D eigenvalue weighted by molar-refractivity contribution is 5.60. The van der Waals surface area contributed by atoms with E-state index in [2.05, 4.69) is 6.92 Å². The average Bonchev–Trinajstić information content (AvgIpc) is 2.06. The molecule has 2 N–H and O–H groups in total. The van der Waals surface area contributed by atoms with Crippen molar-refractivity contribution in [2.45, 2.75) is 33.3 Å². The van der Waals surface area contributed by atoms with Gasteiger partial charge >= 0.3 is 0 Å². The zero-order valence-electron chi connectivity index (χ0n) is 9.32. The quantitative estimate of drug-likeness (QED) is 0.632. The zero-order chi connectivity index (χ0) is 12.0. The highest BCUT2D eigenvalue weighted by Crippen LogP contribution is 1.70. The Bertz CT molecular complexity index is 97.4. The van der Waals surface area contributed by atoms with Crippen molar-refractivity contribution in [1.29, 1.82) is 0 Å². The minimum absolute atomic E-state index is 0.139. The number of carbonyl (C=O) groups excluding carboxylic acids is 1. The Morgan fingerprint density at radius 2 is 1.86 bits per heavy atom. The van der Waals surface area contributed by atoms with Crippen LogP contribution in [0, 0.1) is 0 Å². The summed E-state index contributed by atoms with van der Waals surface area (Å²) in [7, 11) is 1.71. The number of aliphatic hydroxyl groups excluding tert-OH is 2. The molecular formula is C9H21O5-. The molecule has 1 unspecified atom stereocenters. The van der Waals surface area contributed by atoms with E-state index in [1.54, 1.807) is 7.11 Å². The fraction of sp³-hybridized carbons (Fsp3) is 0.889. The molecule has 0 rings (SSSR count). The lowest BCUT2D eigenvalue weighted by atomic mass is 10.5. The van der Waals surface area contributed by atoms with E-state index in [1.807, 2.05) is 0 Å². The predicted molar refractivity (Wildman–Crippen MR) is 51.6 cm³/mol. The van der Waals surface area contributed by atoms with Gasteiger partial charge < -0.3 is 24.9 Å². The van der Waals surface area contributed by atoms with E-state index in [9.17, 15) is 0 Å². The van der Waals surface area contributed by atoms with Crippen LogP contribution in [0.25, 0.3) is 0 Å². The van der Waals surface area contributed by atoms with Gasteiger partial charge in [0.2, 0.25) is 0 Å². The number of carbonyl (C=O) groups is 1. The van der Waals surface area contributed by atoms with Crippen LogP contribution in [0.4, 0.5) is 0 Å². The molecule has 0 heterocycles. The van der Waals surface area contributed by atoms with E-state index in [4.69, 9.17) is 24.9 Å². The molecule has 14 heavy (non-hydrogen) atoms. The molecule has 0 fully saturated rings. The van der Waals surface area contributed by atoms with Crippen LogP contribution in [-0.2, 0) is 9.53 Å². The molecular weight excluding hydrogens is 188 g/mol. The van der Waals surface area contributed by atoms with E-state index in [-0.39, 0.29) is 6.61 Å². The van der Waals surface area contributed by atoms with Crippen LogP contribution < -0.4 is 5.11 Å². The summed E-state index contributed by atoms with van der Waals surface area (Å²) in [5.41, 5.74) is 0. The fourth-order valence-electron chi connectivity index (χ4n) is 0.204. The maximum Gasteiger partial charge on any atom is 0.0742 e. The monoisotopic (exact) mass is 209 g/mol. The molecule has 0 radical (unpaired) electrons. The second-order valence-electron chi connectivity index (χ2n) is 2.52. The molecule has 88 valence electrons. The molecule has 5 nitrogen and oxygen atoms in total. The first-order chi connectivity index (χ1) is 6.42. The third kappa shape index (κ3) is 108. The first-order valence-electron chi connectivity index (χ1n) is 4.37. The molecule has 0 aromatic heterocycles. The summed E-state index contributed by atoms with van der Waals surface area (Å²) in [5, 5.41) is 24.9. The van der Waals surface area contributed by atoms with Crippen molar-refractivity contribution in [2.24, 2.45) is 0 Å². The van der Waals surface area contributed by atoms with Gasteiger partial charge in [0.25, 0.3) is 0 Å². The summed E-state index contributed by atoms with van der Waals surface area (Å²) < 4.78 is 4.69. The van der Waals surface area contributed by atoms with Gasteiger partial charge in [0, 0.05) is 19.7 Å². The number of carboxylic acid groups (broad SMARTS) is 1. The Balaban J connectivity index is -0.000000131. The van der Waals surface area contributed by atoms with Crippen LogP contribution in [0.15, 0.2) is 0 Å². The molecule has 1 atom stereocenters. The maximum atomic E-state index is 8.89. The van der Waals surface area contributed by atoms with Crippen LogP contribution >= 0.6 is 0 Å². The summed E-state index contributed by atoms with van der Waals surface area (Å²) in [6, 6.07) is 0. The number of aliphatic carboxylic acids is 1. The Morgan fingerprint density at radius 1 is 1.57 bits per heavy atom. The fourth-order valence-corrected chi connectivity index (χ4v) is 0.204. The van der Waals surface area contributed by atoms with Gasteiger partial charge in [-0.25, -0.2) is 0 Å². The number of carboxylic acids is 1. The van der Waals surface area contributed by atoms with Crippen molar-refractivity contribution < 1.29 is 24.9 Å². The van der Waals surface area contributed by atoms with Crippen molar-refractivity contribution in [3.63, 3.8) is 0 Å². The smallest absolute Gasteiger partial charge is 0.0742 e. The number of ether oxygens (including phenoxy) is 1. The van der Waals surface area contributed by atoms with Crippen molar-refractivity contribution in [2.75, 3.05) is 20.3 Å². The topological polar surface area (TPSA) is 89.8 Å². The Kier molecular flexibility index (Phi) is 24.7. The Labute approximate surface area is 85.3 Å². The molecule has 0 aromatic rings. The largest absolute Gasteiger partial charge is 0.550 e. The van der Waals surface area contributed by atoms with Crippen LogP contribution in [0.1, 0.15) is 27.2 Å². The number of methoxy groups -OCH3 is 1. The minimum Gasteiger partial charge on any atom is -0.550 e. The third-order valence-electron chi connectivity index (χ3n) is 0.672. The first kappa shape index (κ1) is 19.0. The number of hydrogen-bond donors (Lipinski definition) is 2. The third-order valence-corrected chi connectivity index (χ3v) is 0.672. The highest BCUT2D eigenvalue weighted by atomic mass is 16.5. The van der Waals surface area contributed by atoms with Gasteiger partial charge in [-0.1, -0.05) is 6.92 Å². The van der Waals surface area contributed by atoms with Gasteiger partial charge in [-0.15, -0.1) is 0 Å². The summed E-state index contributed by atoms with van der Waals surface area (Å²) >= 11 is 0. The predicted octanol–water partition coefficient (Wildman–Crippen LogP) is -0.841. The van der Waals surface area contributed by atoms with Crippen LogP contribution in [0.2, 0.25) is 0 Å². The van der Waals surface area contributed by atoms with Crippen LogP contribution in [-0.4, -0.2) is 42.6 Å². The van der Waals surface area contributed by atoms with Crippen molar-refractivity contribution in [3.05, 3.63) is 0 Å². The first-order valence-corrected chi connectivity index (χ1v) is 4.37. The van der Waals surface area contributed by atoms with Crippen LogP contribution in [0.3, 0.4) is 0 Å². The SMILES string of the molecule is CC(=O)[O-].CC(O)CO.CCCOC. The Hall–Kier alpha value is -0.650. The normalized spacial score (nSPS) is 10.1. The van der Waals surface area contributed by atoms with Crippen molar-refractivity contribution >= 4 is 5.97 Å². The van der Waals surface area contributed by atoms with Crippen molar-refractivity contribution in [1.82, 2.24) is 0 Å². The van der Waals surface area contributed by atoms with Gasteiger partial charge in [0.05, 0.1) is 12.7 Å². The lowest BCUT2D eigenvalue weighted by molar-refractivity contribution is -0.302. The Morgan fingerprint density at radius 3 is 1.86 bits per heavy atom.